The van der Waals surface area contributed by atoms with Crippen molar-refractivity contribution in [2.75, 3.05) is 4.90 Å². The average molecular weight is 606 g/mol. The van der Waals surface area contributed by atoms with E-state index in [-0.39, 0.29) is 29.6 Å². The molecule has 0 saturated heterocycles. The van der Waals surface area contributed by atoms with Gasteiger partial charge >= 0.3 is 0 Å². The Morgan fingerprint density at radius 2 is 1.82 bits per heavy atom. The Labute approximate surface area is 247 Å². The van der Waals surface area contributed by atoms with Crippen LogP contribution >= 0.6 is 49.6 Å². The minimum absolute atomic E-state index is 0.0663. The van der Waals surface area contributed by atoms with Gasteiger partial charge in [0.2, 0.25) is 5.95 Å². The van der Waals surface area contributed by atoms with E-state index in [0.29, 0.717) is 33.5 Å². The Hall–Kier alpha value is -1.76. The summed E-state index contributed by atoms with van der Waals surface area (Å²) < 4.78 is 28.7. The maximum atomic E-state index is 15.6. The third-order valence-corrected chi connectivity index (χ3v) is 9.43. The maximum Gasteiger partial charge on any atom is 0.214 e. The number of aromatic nitrogens is 4. The number of benzene rings is 1. The number of rotatable bonds is 7. The molecule has 2 aromatic heterocycles. The number of fused-ring (bicyclic) bond motifs is 2. The summed E-state index contributed by atoms with van der Waals surface area (Å²) in [5, 5.41) is 19.9. The second kappa shape index (κ2) is 10.9. The van der Waals surface area contributed by atoms with Crippen molar-refractivity contribution in [3.63, 3.8) is 0 Å². The number of hydrogen-bond acceptors (Lipinski definition) is 10. The molecule has 3 aromatic rings. The molecular weight excluding hydrogens is 577 g/mol. The molecule has 0 radical (unpaired) electrons. The lowest BCUT2D eigenvalue weighted by molar-refractivity contribution is 0.0631. The van der Waals surface area contributed by atoms with Crippen molar-refractivity contribution in [1.82, 2.24) is 20.2 Å². The minimum atomic E-state index is -1.03. The van der Waals surface area contributed by atoms with Gasteiger partial charge in [0.05, 0.1) is 17.8 Å². The van der Waals surface area contributed by atoms with Crippen LogP contribution < -0.4 is 4.90 Å². The second-order valence-electron chi connectivity index (χ2n) is 10.7. The van der Waals surface area contributed by atoms with E-state index >= 15 is 4.39 Å². The molecule has 3 aliphatic rings. The first kappa shape index (κ1) is 27.4. The van der Waals surface area contributed by atoms with Gasteiger partial charge < -0.3 is 10.0 Å². The molecule has 0 unspecified atom stereocenters. The van der Waals surface area contributed by atoms with E-state index in [9.17, 15) is 9.50 Å². The summed E-state index contributed by atoms with van der Waals surface area (Å²) in [7, 11) is 0. The van der Waals surface area contributed by atoms with Crippen LogP contribution in [0.2, 0.25) is 0 Å². The maximum absolute atomic E-state index is 15.6. The molecule has 3 aliphatic carbocycles. The number of alkyl halides is 1. The fraction of sp³-hybridized carbons (Fsp3) is 0.481. The largest absolute Gasteiger partial charge is 0.507 e. The minimum Gasteiger partial charge on any atom is -0.507 e. The number of hydrogen-bond donors (Lipinski definition) is 4. The molecule has 2 heterocycles. The molecule has 6 rings (SSSR count). The quantitative estimate of drug-likeness (QED) is 0.102. The zero-order chi connectivity index (χ0) is 27.3. The van der Waals surface area contributed by atoms with Crippen LogP contribution in [0.4, 0.5) is 14.6 Å². The zero-order valence-corrected chi connectivity index (χ0v) is 24.5. The van der Waals surface area contributed by atoms with Crippen molar-refractivity contribution in [2.24, 2.45) is 11.8 Å². The molecule has 0 spiro atoms. The highest BCUT2D eigenvalue weighted by atomic mass is 32.3. The summed E-state index contributed by atoms with van der Waals surface area (Å²) in [6, 6.07) is 8.00. The van der Waals surface area contributed by atoms with Crippen LogP contribution in [0, 0.1) is 17.8 Å². The van der Waals surface area contributed by atoms with Gasteiger partial charge in [-0.3, -0.25) is 0 Å². The van der Waals surface area contributed by atoms with E-state index < -0.39 is 14.9 Å². The van der Waals surface area contributed by atoms with Crippen LogP contribution in [0.25, 0.3) is 22.5 Å². The van der Waals surface area contributed by atoms with Crippen LogP contribution in [0.5, 0.6) is 5.75 Å². The van der Waals surface area contributed by atoms with E-state index in [0.717, 1.165) is 50.3 Å². The molecule has 1 aromatic carbocycles. The number of nitrogens with zero attached hydrogens (tertiary/aromatic N) is 5. The fourth-order valence-corrected chi connectivity index (χ4v) is 7.55. The van der Waals surface area contributed by atoms with E-state index in [2.05, 4.69) is 63.0 Å². The normalized spacial score (nSPS) is 24.9. The van der Waals surface area contributed by atoms with Crippen molar-refractivity contribution in [2.45, 2.75) is 71.0 Å². The molecule has 3 fully saturated rings. The van der Waals surface area contributed by atoms with Crippen molar-refractivity contribution < 1.29 is 13.9 Å². The standard InChI is InChI=1S/C27H29F2N5OS4/c28-22-11-17(12-24(31-22)39-27(36,37)38)15-4-7-19(21(35)10-15)26-30-13-23(32-33-26)34(18-5-6-18)20-9-14-2-1-3-16(8-14)25(20)29/h4,7,10-14,16,18,20,25,35-38H,1-3,5-6,8-9H2/t14-,16+,20+,25-/m1/s1. The van der Waals surface area contributed by atoms with Crippen LogP contribution in [0.1, 0.15) is 44.9 Å². The molecule has 2 bridgehead atoms. The highest BCUT2D eigenvalue weighted by Gasteiger charge is 2.46. The number of phenols is 1. The van der Waals surface area contributed by atoms with E-state index in [4.69, 9.17) is 0 Å². The van der Waals surface area contributed by atoms with Gasteiger partial charge in [0.25, 0.3) is 0 Å². The monoisotopic (exact) mass is 605 g/mol. The molecule has 0 amide bonds. The fourth-order valence-electron chi connectivity index (χ4n) is 6.11. The van der Waals surface area contributed by atoms with Gasteiger partial charge in [-0.05, 0) is 73.3 Å². The van der Waals surface area contributed by atoms with Gasteiger partial charge in [0.1, 0.15) is 16.9 Å². The van der Waals surface area contributed by atoms with Gasteiger partial charge in [0.15, 0.2) is 14.4 Å². The first-order valence-corrected chi connectivity index (χ1v) is 15.3. The van der Waals surface area contributed by atoms with Gasteiger partial charge in [-0.15, -0.1) is 48.1 Å². The van der Waals surface area contributed by atoms with Crippen molar-refractivity contribution >= 4 is 55.5 Å². The Balaban J connectivity index is 1.24. The third-order valence-electron chi connectivity index (χ3n) is 7.91. The number of phenolic OH excluding ortho intramolecular Hbond substituents is 1. The Bertz CT molecular complexity index is 1350. The summed E-state index contributed by atoms with van der Waals surface area (Å²) in [4.78, 5) is 10.5. The van der Waals surface area contributed by atoms with E-state index in [1.54, 1.807) is 24.4 Å². The molecule has 1 N–H and O–H groups in total. The predicted octanol–water partition coefficient (Wildman–Crippen LogP) is 6.82. The number of pyridine rings is 1. The van der Waals surface area contributed by atoms with Crippen LogP contribution in [-0.4, -0.2) is 46.3 Å². The Kier molecular flexibility index (Phi) is 7.67. The highest BCUT2D eigenvalue weighted by Crippen LogP contribution is 2.46. The molecule has 4 atom stereocenters. The summed E-state index contributed by atoms with van der Waals surface area (Å²) >= 11 is 13.7. The van der Waals surface area contributed by atoms with Crippen LogP contribution in [0.15, 0.2) is 41.6 Å². The van der Waals surface area contributed by atoms with Gasteiger partial charge in [-0.25, -0.2) is 14.4 Å². The molecular formula is C27H29F2N5OS4. The smallest absolute Gasteiger partial charge is 0.214 e. The number of anilines is 1. The number of aromatic hydroxyl groups is 1. The first-order valence-electron chi connectivity index (χ1n) is 13.1. The van der Waals surface area contributed by atoms with Crippen molar-refractivity contribution in [1.29, 1.82) is 0 Å². The molecule has 6 nitrogen and oxygen atoms in total. The summed E-state index contributed by atoms with van der Waals surface area (Å²) in [6.07, 6.45) is 7.97. The van der Waals surface area contributed by atoms with Crippen molar-refractivity contribution in [3.05, 3.63) is 42.5 Å². The lowest BCUT2D eigenvalue weighted by atomic mass is 9.69. The Morgan fingerprint density at radius 3 is 2.51 bits per heavy atom. The van der Waals surface area contributed by atoms with Crippen molar-refractivity contribution in [3.8, 4) is 28.3 Å². The lowest BCUT2D eigenvalue weighted by Gasteiger charge is -2.46. The molecule has 3 saturated carbocycles. The Morgan fingerprint density at radius 1 is 1.00 bits per heavy atom. The van der Waals surface area contributed by atoms with Gasteiger partial charge in [0, 0.05) is 12.1 Å². The third kappa shape index (κ3) is 6.13. The SMILES string of the molecule is Oc1cc(-c2cc(F)nc(SC(S)(S)S)c2)ccc1-c1ncc(N(C2CC2)[C@H]2C[C@@H]3CCC[C@@H](C3)[C@H]2F)nn1. The second-order valence-corrected chi connectivity index (χ2v) is 16.0. The summed E-state index contributed by atoms with van der Waals surface area (Å²) in [5.41, 5.74) is 1.51. The van der Waals surface area contributed by atoms with Gasteiger partial charge in [-0.2, -0.15) is 4.39 Å². The van der Waals surface area contributed by atoms with E-state index in [1.165, 1.54) is 18.6 Å². The van der Waals surface area contributed by atoms with Crippen LogP contribution in [-0.2, 0) is 0 Å². The summed E-state index contributed by atoms with van der Waals surface area (Å²) in [5.74, 6) is 0.840. The summed E-state index contributed by atoms with van der Waals surface area (Å²) in [6.45, 7) is 0. The number of thiol groups is 3. The first-order chi connectivity index (χ1) is 18.6. The lowest BCUT2D eigenvalue weighted by Crippen LogP contribution is -2.52. The average Bonchev–Trinajstić information content (AvgIpc) is 3.72. The molecule has 39 heavy (non-hydrogen) atoms. The van der Waals surface area contributed by atoms with E-state index in [1.807, 2.05) is 0 Å². The highest BCUT2D eigenvalue weighted by molar-refractivity contribution is 8.36. The van der Waals surface area contributed by atoms with Crippen LogP contribution in [0.3, 0.4) is 0 Å². The molecule has 206 valence electrons. The molecule has 0 aliphatic heterocycles. The van der Waals surface area contributed by atoms with Gasteiger partial charge in [-0.1, -0.05) is 30.7 Å². The zero-order valence-electron chi connectivity index (χ0n) is 21.0. The topological polar surface area (TPSA) is 75.0 Å². The number of thioether (sulfide) groups is 1. The number of halogens is 2. The molecule has 12 heteroatoms. The predicted molar refractivity (Wildman–Crippen MR) is 160 cm³/mol.